The van der Waals surface area contributed by atoms with Crippen LogP contribution in [-0.4, -0.2) is 16.9 Å². The molecule has 0 aliphatic heterocycles. The average molecular weight is 321 g/mol. The molecule has 0 fully saturated rings. The standard InChI is InChI=1S/C12H11BrFNO.ClH/c13-5-1-7-16-12-4-6-15-11-3-2-9(14)8-10(11)12;/h2-4,6,8H,1,5,7H2;1H. The highest BCUT2D eigenvalue weighted by molar-refractivity contribution is 9.09. The molecule has 0 spiro atoms. The van der Waals surface area contributed by atoms with Crippen molar-refractivity contribution in [1.29, 1.82) is 0 Å². The van der Waals surface area contributed by atoms with Crippen molar-refractivity contribution >= 4 is 39.2 Å². The molecular formula is C12H12BrClFNO. The molecule has 1 aromatic heterocycles. The summed E-state index contributed by atoms with van der Waals surface area (Å²) in [6.45, 7) is 0.612. The molecular weight excluding hydrogens is 308 g/mol. The topological polar surface area (TPSA) is 22.1 Å². The lowest BCUT2D eigenvalue weighted by Crippen LogP contribution is -1.98. The van der Waals surface area contributed by atoms with Gasteiger partial charge in [0.1, 0.15) is 11.6 Å². The van der Waals surface area contributed by atoms with Gasteiger partial charge in [0, 0.05) is 16.9 Å². The largest absolute Gasteiger partial charge is 0.493 e. The maximum Gasteiger partial charge on any atom is 0.130 e. The van der Waals surface area contributed by atoms with Crippen molar-refractivity contribution in [1.82, 2.24) is 4.98 Å². The van der Waals surface area contributed by atoms with E-state index in [1.807, 2.05) is 0 Å². The van der Waals surface area contributed by atoms with Crippen molar-refractivity contribution in [3.05, 3.63) is 36.3 Å². The summed E-state index contributed by atoms with van der Waals surface area (Å²) in [6.07, 6.45) is 2.59. The number of pyridine rings is 1. The van der Waals surface area contributed by atoms with Crippen molar-refractivity contribution in [2.45, 2.75) is 6.42 Å². The van der Waals surface area contributed by atoms with E-state index in [-0.39, 0.29) is 18.2 Å². The number of hydrogen-bond acceptors (Lipinski definition) is 2. The number of nitrogens with zero attached hydrogens (tertiary/aromatic N) is 1. The molecule has 0 atom stereocenters. The maximum atomic E-state index is 13.1. The molecule has 2 rings (SSSR count). The van der Waals surface area contributed by atoms with Crippen LogP contribution in [0.15, 0.2) is 30.5 Å². The lowest BCUT2D eigenvalue weighted by atomic mass is 10.2. The Morgan fingerprint density at radius 3 is 2.88 bits per heavy atom. The first-order valence-corrected chi connectivity index (χ1v) is 6.16. The summed E-state index contributed by atoms with van der Waals surface area (Å²) in [5.41, 5.74) is 0.748. The van der Waals surface area contributed by atoms with Crippen molar-refractivity contribution in [2.75, 3.05) is 11.9 Å². The van der Waals surface area contributed by atoms with Crippen LogP contribution in [-0.2, 0) is 0 Å². The van der Waals surface area contributed by atoms with Gasteiger partial charge >= 0.3 is 0 Å². The van der Waals surface area contributed by atoms with E-state index in [2.05, 4.69) is 20.9 Å². The fourth-order valence-electron chi connectivity index (χ4n) is 1.46. The summed E-state index contributed by atoms with van der Waals surface area (Å²) in [4.78, 5) is 4.16. The van der Waals surface area contributed by atoms with Gasteiger partial charge in [-0.1, -0.05) is 15.9 Å². The molecule has 0 N–H and O–H groups in total. The highest BCUT2D eigenvalue weighted by Crippen LogP contribution is 2.24. The quantitative estimate of drug-likeness (QED) is 0.628. The molecule has 2 nitrogen and oxygen atoms in total. The van der Waals surface area contributed by atoms with Crippen LogP contribution in [0.2, 0.25) is 0 Å². The van der Waals surface area contributed by atoms with Crippen molar-refractivity contribution < 1.29 is 9.13 Å². The summed E-state index contributed by atoms with van der Waals surface area (Å²) >= 11 is 3.33. The third-order valence-corrected chi connectivity index (χ3v) is 2.76. The molecule has 0 saturated carbocycles. The third-order valence-electron chi connectivity index (χ3n) is 2.20. The van der Waals surface area contributed by atoms with Gasteiger partial charge in [0.05, 0.1) is 12.1 Å². The fourth-order valence-corrected chi connectivity index (χ4v) is 1.68. The smallest absolute Gasteiger partial charge is 0.130 e. The Labute approximate surface area is 114 Å². The summed E-state index contributed by atoms with van der Waals surface area (Å²) < 4.78 is 18.7. The number of ether oxygens (including phenoxy) is 1. The van der Waals surface area contributed by atoms with E-state index in [4.69, 9.17) is 4.74 Å². The number of aromatic nitrogens is 1. The van der Waals surface area contributed by atoms with Crippen molar-refractivity contribution in [3.8, 4) is 5.75 Å². The Morgan fingerprint density at radius 2 is 2.12 bits per heavy atom. The number of fused-ring (bicyclic) bond motifs is 1. The predicted molar refractivity (Wildman–Crippen MR) is 72.9 cm³/mol. The van der Waals surface area contributed by atoms with Gasteiger partial charge in [0.15, 0.2) is 0 Å². The van der Waals surface area contributed by atoms with Crippen LogP contribution in [0.25, 0.3) is 10.9 Å². The van der Waals surface area contributed by atoms with E-state index in [0.29, 0.717) is 12.4 Å². The number of alkyl halides is 1. The van der Waals surface area contributed by atoms with Gasteiger partial charge < -0.3 is 4.74 Å². The van der Waals surface area contributed by atoms with Gasteiger partial charge in [-0.3, -0.25) is 4.98 Å². The molecule has 0 radical (unpaired) electrons. The number of benzene rings is 1. The van der Waals surface area contributed by atoms with Gasteiger partial charge in [-0.05, 0) is 30.7 Å². The van der Waals surface area contributed by atoms with E-state index >= 15 is 0 Å². The first-order valence-electron chi connectivity index (χ1n) is 5.04. The molecule has 92 valence electrons. The van der Waals surface area contributed by atoms with E-state index in [1.54, 1.807) is 18.3 Å². The molecule has 1 aromatic carbocycles. The van der Waals surface area contributed by atoms with Crippen LogP contribution in [0, 0.1) is 5.82 Å². The zero-order chi connectivity index (χ0) is 11.4. The van der Waals surface area contributed by atoms with Crippen LogP contribution < -0.4 is 4.74 Å². The number of hydrogen-bond donors (Lipinski definition) is 0. The van der Waals surface area contributed by atoms with Gasteiger partial charge in [-0.25, -0.2) is 4.39 Å². The maximum absolute atomic E-state index is 13.1. The minimum absolute atomic E-state index is 0. The summed E-state index contributed by atoms with van der Waals surface area (Å²) in [5, 5.41) is 1.61. The normalized spacial score (nSPS) is 10.0. The van der Waals surface area contributed by atoms with Gasteiger partial charge in [0.2, 0.25) is 0 Å². The molecule has 1 heterocycles. The van der Waals surface area contributed by atoms with Crippen LogP contribution in [0.5, 0.6) is 5.75 Å². The predicted octanol–water partition coefficient (Wildman–Crippen LogP) is 3.96. The first kappa shape index (κ1) is 14.2. The molecule has 5 heteroatoms. The van der Waals surface area contributed by atoms with Gasteiger partial charge in [-0.15, -0.1) is 12.4 Å². The van der Waals surface area contributed by atoms with Gasteiger partial charge in [0.25, 0.3) is 0 Å². The molecule has 2 aromatic rings. The SMILES string of the molecule is Cl.Fc1ccc2nccc(OCCCBr)c2c1. The lowest BCUT2D eigenvalue weighted by Gasteiger charge is -2.07. The monoisotopic (exact) mass is 319 g/mol. The van der Waals surface area contributed by atoms with E-state index in [9.17, 15) is 4.39 Å². The van der Waals surface area contributed by atoms with Crippen LogP contribution in [0.1, 0.15) is 6.42 Å². The zero-order valence-electron chi connectivity index (χ0n) is 9.03. The average Bonchev–Trinajstić information content (AvgIpc) is 2.30. The molecule has 0 aliphatic rings. The summed E-state index contributed by atoms with van der Waals surface area (Å²) in [5.74, 6) is 0.413. The Balaban J connectivity index is 0.00000144. The lowest BCUT2D eigenvalue weighted by molar-refractivity contribution is 0.322. The Kier molecular flexibility index (Phi) is 5.65. The second-order valence-electron chi connectivity index (χ2n) is 3.36. The molecule has 0 bridgehead atoms. The molecule has 0 saturated heterocycles. The minimum atomic E-state index is -0.272. The van der Waals surface area contributed by atoms with E-state index in [1.165, 1.54) is 12.1 Å². The van der Waals surface area contributed by atoms with Crippen molar-refractivity contribution in [3.63, 3.8) is 0 Å². The van der Waals surface area contributed by atoms with Crippen LogP contribution >= 0.6 is 28.3 Å². The first-order chi connectivity index (χ1) is 7.81. The van der Waals surface area contributed by atoms with Crippen LogP contribution in [0.4, 0.5) is 4.39 Å². The molecule has 0 aliphatic carbocycles. The summed E-state index contributed by atoms with van der Waals surface area (Å²) in [7, 11) is 0. The Bertz CT molecular complexity index is 495. The highest BCUT2D eigenvalue weighted by atomic mass is 79.9. The van der Waals surface area contributed by atoms with E-state index in [0.717, 1.165) is 22.7 Å². The molecule has 17 heavy (non-hydrogen) atoms. The summed E-state index contributed by atoms with van der Waals surface area (Å²) in [6, 6.07) is 6.27. The highest BCUT2D eigenvalue weighted by Gasteiger charge is 2.03. The zero-order valence-corrected chi connectivity index (χ0v) is 11.4. The second kappa shape index (κ2) is 6.77. The molecule has 0 unspecified atom stereocenters. The van der Waals surface area contributed by atoms with Crippen LogP contribution in [0.3, 0.4) is 0 Å². The van der Waals surface area contributed by atoms with E-state index < -0.39 is 0 Å². The Morgan fingerprint density at radius 1 is 1.29 bits per heavy atom. The number of rotatable bonds is 4. The third kappa shape index (κ3) is 3.54. The fraction of sp³-hybridized carbons (Fsp3) is 0.250. The number of halogens is 3. The molecule has 0 amide bonds. The second-order valence-corrected chi connectivity index (χ2v) is 4.15. The van der Waals surface area contributed by atoms with Gasteiger partial charge in [-0.2, -0.15) is 0 Å². The minimum Gasteiger partial charge on any atom is -0.493 e. The Hall–Kier alpha value is -0.870. The van der Waals surface area contributed by atoms with Crippen molar-refractivity contribution in [2.24, 2.45) is 0 Å².